The zero-order valence-electron chi connectivity index (χ0n) is 18.0. The highest BCUT2D eigenvalue weighted by Crippen LogP contribution is 2.18. The van der Waals surface area contributed by atoms with Crippen molar-refractivity contribution in [2.24, 2.45) is 0 Å². The van der Waals surface area contributed by atoms with Gasteiger partial charge >= 0.3 is 0 Å². The van der Waals surface area contributed by atoms with Gasteiger partial charge in [0, 0.05) is 13.1 Å². The number of hydrogen-bond acceptors (Lipinski definition) is 1. The summed E-state index contributed by atoms with van der Waals surface area (Å²) in [6.07, 6.45) is 27.5. The van der Waals surface area contributed by atoms with Gasteiger partial charge in [0.2, 0.25) is 0 Å². The Morgan fingerprint density at radius 3 is 1.24 bits per heavy atom. The highest BCUT2D eigenvalue weighted by molar-refractivity contribution is 4.77. The predicted molar refractivity (Wildman–Crippen MR) is 116 cm³/mol. The van der Waals surface area contributed by atoms with E-state index in [9.17, 15) is 0 Å². The van der Waals surface area contributed by atoms with Crippen molar-refractivity contribution in [3.05, 3.63) is 12.8 Å². The third-order valence-corrected chi connectivity index (χ3v) is 5.65. The minimum absolute atomic E-state index is 0.720. The molecule has 0 aromatic carbocycles. The summed E-state index contributed by atoms with van der Waals surface area (Å²) in [5, 5.41) is 0. The Kier molecular flexibility index (Phi) is 19.5. The van der Waals surface area contributed by atoms with Crippen molar-refractivity contribution < 1.29 is 0 Å². The summed E-state index contributed by atoms with van der Waals surface area (Å²) in [6.45, 7) is 8.57. The van der Waals surface area contributed by atoms with E-state index in [1.807, 2.05) is 6.20 Å². The van der Waals surface area contributed by atoms with Gasteiger partial charge in [0.1, 0.15) is 0 Å². The third-order valence-electron chi connectivity index (χ3n) is 5.65. The molecule has 0 aliphatic rings. The van der Waals surface area contributed by atoms with Crippen molar-refractivity contribution in [3.63, 3.8) is 0 Å². The van der Waals surface area contributed by atoms with Crippen LogP contribution < -0.4 is 0 Å². The van der Waals surface area contributed by atoms with Crippen molar-refractivity contribution in [3.8, 4) is 0 Å². The SMILES string of the molecule is C=CN(C)C(CCCCCCCCCC)CCCCCCCCCC. The van der Waals surface area contributed by atoms with E-state index in [0.717, 1.165) is 6.04 Å². The number of unbranched alkanes of at least 4 members (excludes halogenated alkanes) is 14. The Morgan fingerprint density at radius 2 is 0.920 bits per heavy atom. The van der Waals surface area contributed by atoms with Crippen LogP contribution in [-0.4, -0.2) is 18.0 Å². The normalized spacial score (nSPS) is 11.2. The second-order valence-electron chi connectivity index (χ2n) is 8.03. The lowest BCUT2D eigenvalue weighted by Gasteiger charge is -2.27. The molecule has 0 atom stereocenters. The van der Waals surface area contributed by atoms with Gasteiger partial charge in [0.15, 0.2) is 0 Å². The molecule has 0 N–H and O–H groups in total. The first-order chi connectivity index (χ1) is 12.3. The van der Waals surface area contributed by atoms with Gasteiger partial charge in [-0.15, -0.1) is 0 Å². The quantitative estimate of drug-likeness (QED) is 0.199. The third kappa shape index (κ3) is 16.7. The molecule has 0 saturated heterocycles. The summed E-state index contributed by atoms with van der Waals surface area (Å²) in [5.41, 5.74) is 0. The lowest BCUT2D eigenvalue weighted by atomic mass is 9.99. The Bertz CT molecular complexity index is 241. The number of hydrogen-bond donors (Lipinski definition) is 0. The molecule has 1 heteroatoms. The lowest BCUT2D eigenvalue weighted by Crippen LogP contribution is -2.26. The van der Waals surface area contributed by atoms with Crippen molar-refractivity contribution in [2.75, 3.05) is 7.05 Å². The summed E-state index contributed by atoms with van der Waals surface area (Å²) >= 11 is 0. The predicted octanol–water partition coefficient (Wildman–Crippen LogP) is 8.49. The smallest absolute Gasteiger partial charge is 0.0280 e. The van der Waals surface area contributed by atoms with Crippen LogP contribution in [0.1, 0.15) is 129 Å². The molecule has 0 radical (unpaired) electrons. The van der Waals surface area contributed by atoms with Gasteiger partial charge < -0.3 is 4.90 Å². The summed E-state index contributed by atoms with van der Waals surface area (Å²) in [7, 11) is 2.22. The summed E-state index contributed by atoms with van der Waals surface area (Å²) in [6, 6.07) is 0.720. The van der Waals surface area contributed by atoms with E-state index in [0.29, 0.717) is 0 Å². The molecule has 0 fully saturated rings. The molecule has 0 spiro atoms. The highest BCUT2D eigenvalue weighted by Gasteiger charge is 2.11. The van der Waals surface area contributed by atoms with Gasteiger partial charge in [0.25, 0.3) is 0 Å². The van der Waals surface area contributed by atoms with Gasteiger partial charge in [-0.1, -0.05) is 123 Å². The van der Waals surface area contributed by atoms with E-state index in [-0.39, 0.29) is 0 Å². The maximum atomic E-state index is 3.98. The molecule has 150 valence electrons. The van der Waals surface area contributed by atoms with Gasteiger partial charge in [-0.05, 0) is 19.0 Å². The van der Waals surface area contributed by atoms with Crippen LogP contribution in [0.15, 0.2) is 12.8 Å². The fourth-order valence-corrected chi connectivity index (χ4v) is 3.73. The maximum absolute atomic E-state index is 3.98. The Hall–Kier alpha value is -0.460. The van der Waals surface area contributed by atoms with Crippen LogP contribution in [0.2, 0.25) is 0 Å². The summed E-state index contributed by atoms with van der Waals surface area (Å²) in [5.74, 6) is 0. The van der Waals surface area contributed by atoms with Crippen LogP contribution in [0.5, 0.6) is 0 Å². The molecule has 0 saturated carbocycles. The molecule has 0 aliphatic heterocycles. The van der Waals surface area contributed by atoms with Crippen LogP contribution in [0.3, 0.4) is 0 Å². The van der Waals surface area contributed by atoms with Gasteiger partial charge in [0.05, 0.1) is 0 Å². The minimum atomic E-state index is 0.720. The van der Waals surface area contributed by atoms with E-state index in [2.05, 4.69) is 32.4 Å². The summed E-state index contributed by atoms with van der Waals surface area (Å²) in [4.78, 5) is 2.36. The average Bonchev–Trinajstić information content (AvgIpc) is 2.63. The van der Waals surface area contributed by atoms with Crippen LogP contribution >= 0.6 is 0 Å². The van der Waals surface area contributed by atoms with Crippen molar-refractivity contribution in [1.82, 2.24) is 4.90 Å². The molecule has 0 rings (SSSR count). The van der Waals surface area contributed by atoms with E-state index >= 15 is 0 Å². The van der Waals surface area contributed by atoms with Gasteiger partial charge in [-0.25, -0.2) is 0 Å². The Labute approximate surface area is 160 Å². The fraction of sp³-hybridized carbons (Fsp3) is 0.917. The summed E-state index contributed by atoms with van der Waals surface area (Å²) < 4.78 is 0. The monoisotopic (exact) mass is 351 g/mol. The van der Waals surface area contributed by atoms with E-state index in [1.165, 1.54) is 116 Å². The first-order valence-corrected chi connectivity index (χ1v) is 11.6. The van der Waals surface area contributed by atoms with Crippen molar-refractivity contribution in [2.45, 2.75) is 135 Å². The number of nitrogens with zero attached hydrogens (tertiary/aromatic N) is 1. The Balaban J connectivity index is 3.64. The fourth-order valence-electron chi connectivity index (χ4n) is 3.73. The van der Waals surface area contributed by atoms with Crippen LogP contribution in [-0.2, 0) is 0 Å². The lowest BCUT2D eigenvalue weighted by molar-refractivity contribution is 0.280. The van der Waals surface area contributed by atoms with Gasteiger partial charge in [-0.3, -0.25) is 0 Å². The van der Waals surface area contributed by atoms with E-state index in [1.54, 1.807) is 0 Å². The molecule has 0 unspecified atom stereocenters. The van der Waals surface area contributed by atoms with E-state index in [4.69, 9.17) is 0 Å². The number of rotatable bonds is 20. The molecule has 0 heterocycles. The molecule has 1 nitrogen and oxygen atoms in total. The minimum Gasteiger partial charge on any atom is -0.378 e. The second kappa shape index (κ2) is 19.9. The topological polar surface area (TPSA) is 3.24 Å². The average molecular weight is 352 g/mol. The second-order valence-corrected chi connectivity index (χ2v) is 8.03. The largest absolute Gasteiger partial charge is 0.378 e. The zero-order valence-corrected chi connectivity index (χ0v) is 18.0. The van der Waals surface area contributed by atoms with E-state index < -0.39 is 0 Å². The van der Waals surface area contributed by atoms with Crippen LogP contribution in [0.25, 0.3) is 0 Å². The first kappa shape index (κ1) is 24.5. The zero-order chi connectivity index (χ0) is 18.6. The first-order valence-electron chi connectivity index (χ1n) is 11.6. The van der Waals surface area contributed by atoms with Gasteiger partial charge in [-0.2, -0.15) is 0 Å². The van der Waals surface area contributed by atoms with Crippen molar-refractivity contribution >= 4 is 0 Å². The molecule has 0 amide bonds. The van der Waals surface area contributed by atoms with Crippen LogP contribution in [0, 0.1) is 0 Å². The highest BCUT2D eigenvalue weighted by atomic mass is 15.1. The maximum Gasteiger partial charge on any atom is 0.0280 e. The van der Waals surface area contributed by atoms with Crippen LogP contribution in [0.4, 0.5) is 0 Å². The molecule has 0 aromatic rings. The molecule has 0 aliphatic carbocycles. The molecule has 25 heavy (non-hydrogen) atoms. The van der Waals surface area contributed by atoms with Crippen molar-refractivity contribution in [1.29, 1.82) is 0 Å². The standard InChI is InChI=1S/C24H49N/c1-5-8-10-12-14-16-18-20-22-24(25(4)7-3)23-21-19-17-15-13-11-9-6-2/h7,24H,3,5-6,8-23H2,1-2,4H3. The molecular formula is C24H49N. The Morgan fingerprint density at radius 1 is 0.600 bits per heavy atom. The molecular weight excluding hydrogens is 302 g/mol. The molecule has 0 aromatic heterocycles. The molecule has 0 bridgehead atoms.